The molecule has 40 heavy (non-hydrogen) atoms. The van der Waals surface area contributed by atoms with Crippen LogP contribution in [0.3, 0.4) is 0 Å². The van der Waals surface area contributed by atoms with Crippen molar-refractivity contribution in [1.29, 1.82) is 0 Å². The van der Waals surface area contributed by atoms with Gasteiger partial charge in [0.15, 0.2) is 0 Å². The fraction of sp³-hybridized carbons (Fsp3) is 0.611. The summed E-state index contributed by atoms with van der Waals surface area (Å²) >= 11 is 15.1. The van der Waals surface area contributed by atoms with Crippen molar-refractivity contribution < 1.29 is 0 Å². The zero-order chi connectivity index (χ0) is 28.8. The maximum absolute atomic E-state index is 7.54. The quantitative estimate of drug-likeness (QED) is 0.0535. The SMILES string of the molecule is CCCCCCCCCC[Si](Cl)(C#C[Si](Cl)(CCCCCCCCCC)Cc1ccccc1)Cc1ccccc1. The summed E-state index contributed by atoms with van der Waals surface area (Å²) in [6, 6.07) is 25.5. The predicted molar refractivity (Wildman–Crippen MR) is 186 cm³/mol. The van der Waals surface area contributed by atoms with Crippen LogP contribution < -0.4 is 0 Å². The molecule has 0 radical (unpaired) electrons. The molecule has 0 N–H and O–H groups in total. The third kappa shape index (κ3) is 16.5. The lowest BCUT2D eigenvalue weighted by molar-refractivity contribution is 0.584. The number of halogens is 2. The van der Waals surface area contributed by atoms with Crippen LogP contribution in [0.25, 0.3) is 0 Å². The largest absolute Gasteiger partial charge is 0.237 e. The van der Waals surface area contributed by atoms with Gasteiger partial charge < -0.3 is 0 Å². The summed E-state index contributed by atoms with van der Waals surface area (Å²) in [4.78, 5) is 0. The maximum atomic E-state index is 7.54. The van der Waals surface area contributed by atoms with Crippen molar-refractivity contribution in [2.24, 2.45) is 0 Å². The van der Waals surface area contributed by atoms with Gasteiger partial charge in [-0.1, -0.05) is 177 Å². The molecule has 0 aromatic heterocycles. The Labute approximate surface area is 259 Å². The lowest BCUT2D eigenvalue weighted by atomic mass is 10.1. The number of unbranched alkanes of at least 4 members (excludes halogenated alkanes) is 14. The van der Waals surface area contributed by atoms with Gasteiger partial charge in [0.25, 0.3) is 0 Å². The molecule has 2 aromatic carbocycles. The van der Waals surface area contributed by atoms with Gasteiger partial charge in [0.1, 0.15) is 0 Å². The van der Waals surface area contributed by atoms with Crippen LogP contribution in [-0.4, -0.2) is 14.8 Å². The van der Waals surface area contributed by atoms with Crippen molar-refractivity contribution in [2.45, 2.75) is 141 Å². The van der Waals surface area contributed by atoms with E-state index in [-0.39, 0.29) is 0 Å². The highest BCUT2D eigenvalue weighted by Gasteiger charge is 2.33. The van der Waals surface area contributed by atoms with Crippen LogP contribution >= 0.6 is 22.2 Å². The summed E-state index contributed by atoms with van der Waals surface area (Å²) in [6.07, 6.45) is 21.2. The number of hydrogen-bond acceptors (Lipinski definition) is 0. The van der Waals surface area contributed by atoms with Gasteiger partial charge in [-0.15, -0.1) is 33.2 Å². The van der Waals surface area contributed by atoms with E-state index >= 15 is 0 Å². The fourth-order valence-corrected chi connectivity index (χ4v) is 14.1. The average molecular weight is 616 g/mol. The minimum atomic E-state index is -2.31. The second-order valence-corrected chi connectivity index (χ2v) is 22.4. The monoisotopic (exact) mass is 614 g/mol. The van der Waals surface area contributed by atoms with Crippen molar-refractivity contribution in [3.05, 3.63) is 71.8 Å². The fourth-order valence-electron chi connectivity index (χ4n) is 5.53. The van der Waals surface area contributed by atoms with Gasteiger partial charge in [-0.3, -0.25) is 0 Å². The van der Waals surface area contributed by atoms with E-state index in [4.69, 9.17) is 22.2 Å². The van der Waals surface area contributed by atoms with Gasteiger partial charge >= 0.3 is 0 Å². The Balaban J connectivity index is 2.06. The molecule has 2 unspecified atom stereocenters. The first kappa shape index (κ1) is 35.2. The molecule has 0 aliphatic carbocycles. The van der Waals surface area contributed by atoms with Crippen LogP contribution in [0.2, 0.25) is 12.1 Å². The molecule has 2 rings (SSSR count). The van der Waals surface area contributed by atoms with Crippen LogP contribution in [0.15, 0.2) is 60.7 Å². The average Bonchev–Trinajstić information content (AvgIpc) is 2.96. The molecule has 222 valence electrons. The summed E-state index contributed by atoms with van der Waals surface area (Å²) in [5.41, 5.74) is 10.2. The van der Waals surface area contributed by atoms with E-state index < -0.39 is 14.8 Å². The van der Waals surface area contributed by atoms with Crippen LogP contribution in [0.5, 0.6) is 0 Å². The molecule has 0 heterocycles. The molecular formula is C36H56Cl2Si2. The van der Waals surface area contributed by atoms with E-state index in [1.165, 1.54) is 114 Å². The van der Waals surface area contributed by atoms with Gasteiger partial charge in [-0.05, 0) is 35.3 Å². The first-order valence-corrected chi connectivity index (χ1v) is 23.3. The van der Waals surface area contributed by atoms with Crippen molar-refractivity contribution >= 4 is 36.9 Å². The van der Waals surface area contributed by atoms with Crippen molar-refractivity contribution in [1.82, 2.24) is 0 Å². The second kappa shape index (κ2) is 21.7. The molecule has 4 heteroatoms. The minimum absolute atomic E-state index is 0.920. The highest BCUT2D eigenvalue weighted by Crippen LogP contribution is 2.28. The molecule has 0 fully saturated rings. The molecule has 0 nitrogen and oxygen atoms in total. The van der Waals surface area contributed by atoms with Crippen molar-refractivity contribution in [2.75, 3.05) is 0 Å². The molecule has 2 atom stereocenters. The third-order valence-electron chi connectivity index (χ3n) is 8.02. The minimum Gasteiger partial charge on any atom is -0.150 e. The molecule has 2 aromatic rings. The van der Waals surface area contributed by atoms with Gasteiger partial charge in [0.2, 0.25) is 14.8 Å². The topological polar surface area (TPSA) is 0 Å². The Kier molecular flexibility index (Phi) is 19.1. The van der Waals surface area contributed by atoms with E-state index in [9.17, 15) is 0 Å². The van der Waals surface area contributed by atoms with Crippen LogP contribution in [0.4, 0.5) is 0 Å². The molecule has 0 aliphatic heterocycles. The van der Waals surface area contributed by atoms with Crippen LogP contribution in [-0.2, 0) is 12.1 Å². The number of hydrogen-bond donors (Lipinski definition) is 0. The first-order valence-electron chi connectivity index (χ1n) is 16.5. The van der Waals surface area contributed by atoms with Crippen molar-refractivity contribution in [3.63, 3.8) is 0 Å². The number of rotatable bonds is 22. The second-order valence-electron chi connectivity index (χ2n) is 12.0. The van der Waals surface area contributed by atoms with E-state index in [0.29, 0.717) is 0 Å². The van der Waals surface area contributed by atoms with E-state index in [1.807, 2.05) is 0 Å². The Morgan fingerprint density at radius 3 is 1.07 bits per heavy atom. The van der Waals surface area contributed by atoms with Crippen molar-refractivity contribution in [3.8, 4) is 11.1 Å². The van der Waals surface area contributed by atoms with E-state index in [0.717, 1.165) is 24.2 Å². The Morgan fingerprint density at radius 1 is 0.450 bits per heavy atom. The Morgan fingerprint density at radius 2 is 0.750 bits per heavy atom. The standard InChI is InChI=1S/C36H56Cl2Si2/c1-3-5-7-9-11-13-15-23-29-39(37,33-35-25-19-17-20-26-35)31-32-40(38,34-36-27-21-18-22-28-36)30-24-16-14-12-10-8-6-4-2/h17-22,25-28H,3-16,23-24,29-30,33-34H2,1-2H3. The molecule has 0 aliphatic rings. The van der Waals surface area contributed by atoms with E-state index in [2.05, 4.69) is 85.6 Å². The van der Waals surface area contributed by atoms with Crippen LogP contribution in [0, 0.1) is 11.1 Å². The maximum Gasteiger partial charge on any atom is 0.237 e. The molecular weight excluding hydrogens is 559 g/mol. The molecule has 0 saturated carbocycles. The molecule has 0 amide bonds. The third-order valence-corrected chi connectivity index (χ3v) is 16.1. The Hall–Kier alpha value is -0.986. The number of benzene rings is 2. The van der Waals surface area contributed by atoms with Gasteiger partial charge in [-0.2, -0.15) is 0 Å². The van der Waals surface area contributed by atoms with Crippen LogP contribution in [0.1, 0.15) is 128 Å². The highest BCUT2D eigenvalue weighted by atomic mass is 35.6. The van der Waals surface area contributed by atoms with Gasteiger partial charge in [0, 0.05) is 0 Å². The van der Waals surface area contributed by atoms with Gasteiger partial charge in [-0.25, -0.2) is 0 Å². The summed E-state index contributed by atoms with van der Waals surface area (Å²) < 4.78 is 0. The summed E-state index contributed by atoms with van der Waals surface area (Å²) in [7, 11) is -4.62. The smallest absolute Gasteiger partial charge is 0.150 e. The molecule has 0 bridgehead atoms. The lowest BCUT2D eigenvalue weighted by Crippen LogP contribution is -2.34. The summed E-state index contributed by atoms with van der Waals surface area (Å²) in [5, 5.41) is 0. The van der Waals surface area contributed by atoms with E-state index in [1.54, 1.807) is 0 Å². The molecule has 0 saturated heterocycles. The zero-order valence-corrected chi connectivity index (χ0v) is 29.2. The first-order chi connectivity index (χ1) is 19.5. The normalized spacial score (nSPS) is 14.2. The molecule has 0 spiro atoms. The van der Waals surface area contributed by atoms with Gasteiger partial charge in [0.05, 0.1) is 0 Å². The summed E-state index contributed by atoms with van der Waals surface area (Å²) in [6.45, 7) is 4.57. The highest BCUT2D eigenvalue weighted by molar-refractivity contribution is 7.27. The Bertz CT molecular complexity index is 864. The summed E-state index contributed by atoms with van der Waals surface area (Å²) in [5.74, 6) is 0. The lowest BCUT2D eigenvalue weighted by Gasteiger charge is -2.22. The zero-order valence-electron chi connectivity index (χ0n) is 25.7. The predicted octanol–water partition coefficient (Wildman–Crippen LogP) is 12.3.